The van der Waals surface area contributed by atoms with Crippen LogP contribution in [0.1, 0.15) is 24.5 Å². The van der Waals surface area contributed by atoms with E-state index in [1.54, 1.807) is 18.4 Å². The number of anilines is 1. The van der Waals surface area contributed by atoms with Gasteiger partial charge in [0.15, 0.2) is 0 Å². The minimum atomic E-state index is -0.165. The topological polar surface area (TPSA) is 71.4 Å². The molecule has 6 rings (SSSR count). The number of nitrogens with one attached hydrogen (secondary N) is 2. The van der Waals surface area contributed by atoms with Crippen molar-refractivity contribution in [3.63, 3.8) is 0 Å². The van der Waals surface area contributed by atoms with E-state index in [0.717, 1.165) is 36.6 Å². The number of ether oxygens (including phenoxy) is 1. The van der Waals surface area contributed by atoms with E-state index in [2.05, 4.69) is 50.8 Å². The minimum absolute atomic E-state index is 0.165. The van der Waals surface area contributed by atoms with Crippen molar-refractivity contribution in [1.29, 1.82) is 0 Å². The summed E-state index contributed by atoms with van der Waals surface area (Å²) in [5.41, 5.74) is 3.15. The fourth-order valence-corrected chi connectivity index (χ4v) is 5.80. The molecule has 3 fully saturated rings. The van der Waals surface area contributed by atoms with Crippen molar-refractivity contribution in [2.75, 3.05) is 32.1 Å². The number of carbonyl (C=O) groups excluding carboxylic acids is 1. The van der Waals surface area contributed by atoms with Crippen LogP contribution in [0, 0.1) is 5.92 Å². The zero-order valence-corrected chi connectivity index (χ0v) is 19.3. The Morgan fingerprint density at radius 3 is 2.81 bits per heavy atom. The molecule has 3 aliphatic heterocycles. The third-order valence-electron chi connectivity index (χ3n) is 6.79. The number of methoxy groups -OCH3 is 1. The van der Waals surface area contributed by atoms with E-state index in [0.29, 0.717) is 24.4 Å². The number of urea groups is 1. The van der Waals surface area contributed by atoms with Gasteiger partial charge in [0.25, 0.3) is 0 Å². The van der Waals surface area contributed by atoms with E-state index in [9.17, 15) is 4.79 Å². The Morgan fingerprint density at radius 2 is 2.12 bits per heavy atom. The van der Waals surface area contributed by atoms with Crippen molar-refractivity contribution < 1.29 is 9.53 Å². The van der Waals surface area contributed by atoms with Crippen LogP contribution < -0.4 is 15.4 Å². The number of amides is 2. The third-order valence-corrected chi connectivity index (χ3v) is 7.69. The number of aryl methyl sites for hydroxylation is 1. The number of piperidine rings is 3. The van der Waals surface area contributed by atoms with Crippen LogP contribution in [-0.4, -0.2) is 53.5 Å². The lowest BCUT2D eigenvalue weighted by Gasteiger charge is -2.49. The van der Waals surface area contributed by atoms with Crippen LogP contribution in [0.4, 0.5) is 10.5 Å². The molecular formula is C24H29N5O2S. The molecule has 5 heterocycles. The average molecular weight is 452 g/mol. The molecule has 7 nitrogen and oxygen atoms in total. The first-order chi connectivity index (χ1) is 15.6. The number of thiophene rings is 1. The first-order valence-electron chi connectivity index (χ1n) is 11.1. The molecule has 2 N–H and O–H groups in total. The van der Waals surface area contributed by atoms with Crippen molar-refractivity contribution in [3.05, 3.63) is 53.5 Å². The maximum absolute atomic E-state index is 12.4. The number of rotatable bonds is 6. The first kappa shape index (κ1) is 21.0. The van der Waals surface area contributed by atoms with Crippen LogP contribution in [0.5, 0.6) is 5.75 Å². The van der Waals surface area contributed by atoms with Gasteiger partial charge in [0.05, 0.1) is 12.0 Å². The molecule has 8 heteroatoms. The zero-order chi connectivity index (χ0) is 22.1. The second kappa shape index (κ2) is 8.96. The normalized spacial score (nSPS) is 24.3. The summed E-state index contributed by atoms with van der Waals surface area (Å²) >= 11 is 1.73. The highest BCUT2D eigenvalue weighted by molar-refractivity contribution is 7.13. The van der Waals surface area contributed by atoms with Crippen molar-refractivity contribution in [3.8, 4) is 16.3 Å². The van der Waals surface area contributed by atoms with Gasteiger partial charge in [0.1, 0.15) is 11.4 Å². The van der Waals surface area contributed by atoms with Gasteiger partial charge in [-0.2, -0.15) is 5.10 Å². The summed E-state index contributed by atoms with van der Waals surface area (Å²) in [6.45, 7) is 2.79. The van der Waals surface area contributed by atoms with Crippen LogP contribution in [0.25, 0.3) is 10.6 Å². The highest BCUT2D eigenvalue weighted by Gasteiger charge is 2.41. The maximum Gasteiger partial charge on any atom is 0.319 e. The van der Waals surface area contributed by atoms with Crippen molar-refractivity contribution in [2.45, 2.75) is 24.8 Å². The average Bonchev–Trinajstić information content (AvgIpc) is 3.48. The van der Waals surface area contributed by atoms with E-state index < -0.39 is 0 Å². The highest BCUT2D eigenvalue weighted by atomic mass is 32.1. The van der Waals surface area contributed by atoms with Gasteiger partial charge in [0, 0.05) is 43.5 Å². The monoisotopic (exact) mass is 451 g/mol. The number of benzene rings is 1. The molecule has 3 aromatic rings. The molecule has 0 spiro atoms. The number of carbonyl (C=O) groups is 1. The quantitative estimate of drug-likeness (QED) is 0.590. The number of nitrogens with zero attached hydrogens (tertiary/aromatic N) is 3. The Bertz CT molecular complexity index is 1060. The third kappa shape index (κ3) is 4.25. The van der Waals surface area contributed by atoms with Crippen LogP contribution in [0.3, 0.4) is 0 Å². The van der Waals surface area contributed by atoms with Crippen molar-refractivity contribution in [2.24, 2.45) is 13.0 Å². The van der Waals surface area contributed by atoms with Gasteiger partial charge < -0.3 is 15.4 Å². The van der Waals surface area contributed by atoms with E-state index in [-0.39, 0.29) is 6.03 Å². The van der Waals surface area contributed by atoms with E-state index in [1.165, 1.54) is 17.0 Å². The van der Waals surface area contributed by atoms with E-state index in [4.69, 9.17) is 9.84 Å². The predicted octanol–water partition coefficient (Wildman–Crippen LogP) is 4.16. The molecule has 0 aliphatic carbocycles. The summed E-state index contributed by atoms with van der Waals surface area (Å²) in [6.07, 6.45) is 2.31. The number of hydrogen-bond acceptors (Lipinski definition) is 5. The van der Waals surface area contributed by atoms with Crippen LogP contribution >= 0.6 is 11.3 Å². The van der Waals surface area contributed by atoms with Crippen molar-refractivity contribution in [1.82, 2.24) is 20.0 Å². The molecule has 2 amide bonds. The summed E-state index contributed by atoms with van der Waals surface area (Å²) in [7, 11) is 3.69. The first-order valence-corrected chi connectivity index (χ1v) is 12.0. The predicted molar refractivity (Wildman–Crippen MR) is 127 cm³/mol. The molecule has 0 radical (unpaired) electrons. The summed E-state index contributed by atoms with van der Waals surface area (Å²) in [5, 5.41) is 12.8. The molecule has 32 heavy (non-hydrogen) atoms. The lowest BCUT2D eigenvalue weighted by atomic mass is 9.74. The second-order valence-corrected chi connectivity index (χ2v) is 9.61. The fraction of sp³-hybridized carbons (Fsp3) is 0.417. The molecule has 0 saturated carbocycles. The minimum Gasteiger partial charge on any atom is -0.497 e. The largest absolute Gasteiger partial charge is 0.497 e. The number of fused-ring (bicyclic) bond motifs is 3. The molecule has 1 unspecified atom stereocenters. The summed E-state index contributed by atoms with van der Waals surface area (Å²) in [4.78, 5) is 16.1. The Labute approximate surface area is 192 Å². The molecule has 2 bridgehead atoms. The van der Waals surface area contributed by atoms with E-state index >= 15 is 0 Å². The van der Waals surface area contributed by atoms with Gasteiger partial charge in [-0.05, 0) is 67.1 Å². The fourth-order valence-electron chi connectivity index (χ4n) is 5.12. The van der Waals surface area contributed by atoms with E-state index in [1.807, 2.05) is 24.3 Å². The van der Waals surface area contributed by atoms with Gasteiger partial charge in [-0.15, -0.1) is 11.3 Å². The number of hydrogen-bond donors (Lipinski definition) is 2. The lowest BCUT2D eigenvalue weighted by Crippen LogP contribution is -2.56. The smallest absolute Gasteiger partial charge is 0.319 e. The summed E-state index contributed by atoms with van der Waals surface area (Å²) in [6, 6.07) is 14.1. The SMILES string of the molecule is COc1ccc(NC(=O)NC[C@H]2C[C@@H]3CCN2C[C@H]3c2cc(-c3cccs3)nn2C)cc1. The maximum atomic E-state index is 12.4. The standard InChI is InChI=1S/C24H29N5O2S/c1-28-22(13-21(27-28)23-4-3-11-32-23)20-15-29-10-9-16(20)12-18(29)14-25-24(30)26-17-5-7-19(31-2)8-6-17/h3-8,11,13,16,18,20H,9-10,12,14-15H2,1-2H3,(H2,25,26,30)/t16-,18+,20+/m0/s1. The highest BCUT2D eigenvalue weighted by Crippen LogP contribution is 2.42. The van der Waals surface area contributed by atoms with Crippen LogP contribution in [-0.2, 0) is 7.05 Å². The van der Waals surface area contributed by atoms with Gasteiger partial charge >= 0.3 is 6.03 Å². The Balaban J connectivity index is 1.18. The lowest BCUT2D eigenvalue weighted by molar-refractivity contribution is 0.0296. The second-order valence-electron chi connectivity index (χ2n) is 8.66. The van der Waals surface area contributed by atoms with Crippen molar-refractivity contribution >= 4 is 23.1 Å². The van der Waals surface area contributed by atoms with Crippen LogP contribution in [0.15, 0.2) is 47.8 Å². The molecule has 1 aromatic carbocycles. The van der Waals surface area contributed by atoms with Gasteiger partial charge in [0.2, 0.25) is 0 Å². The molecule has 168 valence electrons. The summed E-state index contributed by atoms with van der Waals surface area (Å²) in [5.74, 6) is 1.90. The van der Waals surface area contributed by atoms with Gasteiger partial charge in [-0.25, -0.2) is 4.79 Å². The Hall–Kier alpha value is -2.84. The summed E-state index contributed by atoms with van der Waals surface area (Å²) < 4.78 is 7.23. The Morgan fingerprint density at radius 1 is 1.28 bits per heavy atom. The molecule has 2 aromatic heterocycles. The zero-order valence-electron chi connectivity index (χ0n) is 18.5. The molecule has 4 atom stereocenters. The van der Waals surface area contributed by atoms with Crippen LogP contribution in [0.2, 0.25) is 0 Å². The molecular weight excluding hydrogens is 422 g/mol. The molecule has 3 aliphatic rings. The number of aromatic nitrogens is 2. The van der Waals surface area contributed by atoms with Gasteiger partial charge in [-0.1, -0.05) is 6.07 Å². The Kier molecular flexibility index (Phi) is 5.89. The molecule has 3 saturated heterocycles. The van der Waals surface area contributed by atoms with Gasteiger partial charge in [-0.3, -0.25) is 9.58 Å².